The van der Waals surface area contributed by atoms with Crippen LogP contribution >= 0.6 is 0 Å². The Morgan fingerprint density at radius 2 is 1.14 bits per heavy atom. The molecule has 4 nitrogen and oxygen atoms in total. The zero-order chi connectivity index (χ0) is 25.4. The summed E-state index contributed by atoms with van der Waals surface area (Å²) in [6.45, 7) is 0. The molecule has 5 aromatic rings. The molecule has 36 heavy (non-hydrogen) atoms. The monoisotopic (exact) mass is 488 g/mol. The maximum absolute atomic E-state index is 14.6. The zero-order valence-electron chi connectivity index (χ0n) is 18.4. The maximum Gasteiger partial charge on any atom is 0.268 e. The van der Waals surface area contributed by atoms with Crippen molar-refractivity contribution < 1.29 is 27.2 Å². The Morgan fingerprint density at radius 3 is 1.75 bits per heavy atom. The summed E-state index contributed by atoms with van der Waals surface area (Å²) in [5.74, 6) is -6.36. The Kier molecular flexibility index (Phi) is 5.85. The molecule has 0 fully saturated rings. The number of anilines is 1. The fourth-order valence-electron chi connectivity index (χ4n) is 4.15. The van der Waals surface area contributed by atoms with E-state index in [1.807, 2.05) is 0 Å². The molecule has 0 radical (unpaired) electrons. The van der Waals surface area contributed by atoms with Crippen LogP contribution in [0, 0.1) is 23.3 Å². The van der Waals surface area contributed by atoms with Crippen LogP contribution in [0.2, 0.25) is 0 Å². The number of fused-ring (bicyclic) bond motifs is 1. The first-order valence-electron chi connectivity index (χ1n) is 10.8. The number of rotatable bonds is 4. The van der Waals surface area contributed by atoms with Gasteiger partial charge in [-0.15, -0.1) is 0 Å². The number of para-hydroxylation sites is 1. The first kappa shape index (κ1) is 23.0. The molecule has 178 valence electrons. The zero-order valence-corrected chi connectivity index (χ0v) is 18.4. The normalized spacial score (nSPS) is 11.0. The SMILES string of the molecule is O=C(Nc1c(-c2ccccc2)n(C(=O)c2c(F)cccc2F)c2ccccc12)c1c(F)cccc1F. The molecule has 1 heterocycles. The molecule has 1 aromatic heterocycles. The molecule has 0 saturated heterocycles. The van der Waals surface area contributed by atoms with Crippen molar-refractivity contribution >= 4 is 28.4 Å². The fraction of sp³-hybridized carbons (Fsp3) is 0. The molecule has 0 atom stereocenters. The van der Waals surface area contributed by atoms with Gasteiger partial charge >= 0.3 is 0 Å². The van der Waals surface area contributed by atoms with E-state index in [0.29, 0.717) is 10.9 Å². The van der Waals surface area contributed by atoms with E-state index >= 15 is 0 Å². The van der Waals surface area contributed by atoms with Gasteiger partial charge in [-0.3, -0.25) is 14.2 Å². The van der Waals surface area contributed by atoms with Crippen molar-refractivity contribution in [3.8, 4) is 11.3 Å². The molecule has 5 rings (SSSR count). The molecule has 0 saturated carbocycles. The van der Waals surface area contributed by atoms with Crippen molar-refractivity contribution in [2.75, 3.05) is 5.32 Å². The Hall–Kier alpha value is -4.72. The van der Waals surface area contributed by atoms with E-state index in [1.165, 1.54) is 6.07 Å². The summed E-state index contributed by atoms with van der Waals surface area (Å²) >= 11 is 0. The van der Waals surface area contributed by atoms with Gasteiger partial charge in [0.05, 0.1) is 16.9 Å². The highest BCUT2D eigenvalue weighted by Crippen LogP contribution is 2.39. The van der Waals surface area contributed by atoms with Crippen molar-refractivity contribution in [3.05, 3.63) is 125 Å². The van der Waals surface area contributed by atoms with Gasteiger partial charge < -0.3 is 5.32 Å². The van der Waals surface area contributed by atoms with E-state index in [-0.39, 0.29) is 16.9 Å². The Morgan fingerprint density at radius 1 is 0.611 bits per heavy atom. The largest absolute Gasteiger partial charge is 0.319 e. The number of nitrogens with zero attached hydrogens (tertiary/aromatic N) is 1. The van der Waals surface area contributed by atoms with Crippen LogP contribution in [0.25, 0.3) is 22.2 Å². The number of nitrogens with one attached hydrogen (secondary N) is 1. The van der Waals surface area contributed by atoms with Gasteiger partial charge in [-0.05, 0) is 30.3 Å². The van der Waals surface area contributed by atoms with E-state index < -0.39 is 46.2 Å². The van der Waals surface area contributed by atoms with Crippen molar-refractivity contribution in [2.45, 2.75) is 0 Å². The average molecular weight is 488 g/mol. The summed E-state index contributed by atoms with van der Waals surface area (Å²) < 4.78 is 59.0. The lowest BCUT2D eigenvalue weighted by Crippen LogP contribution is -2.19. The second kappa shape index (κ2) is 9.14. The highest BCUT2D eigenvalue weighted by atomic mass is 19.1. The van der Waals surface area contributed by atoms with Crippen molar-refractivity contribution in [1.82, 2.24) is 4.57 Å². The number of carbonyl (C=O) groups is 2. The molecule has 0 aliphatic carbocycles. The summed E-state index contributed by atoms with van der Waals surface area (Å²) in [6.07, 6.45) is 0. The lowest BCUT2D eigenvalue weighted by atomic mass is 10.1. The Labute approximate surface area is 202 Å². The minimum absolute atomic E-state index is 0.0505. The van der Waals surface area contributed by atoms with Crippen LogP contribution < -0.4 is 5.32 Å². The highest BCUT2D eigenvalue weighted by molar-refractivity contribution is 6.17. The van der Waals surface area contributed by atoms with Gasteiger partial charge in [0.15, 0.2) is 0 Å². The maximum atomic E-state index is 14.6. The second-order valence-corrected chi connectivity index (χ2v) is 7.89. The van der Waals surface area contributed by atoms with Crippen LogP contribution in [0.5, 0.6) is 0 Å². The number of hydrogen-bond donors (Lipinski definition) is 1. The van der Waals surface area contributed by atoms with Crippen LogP contribution in [0.4, 0.5) is 23.2 Å². The van der Waals surface area contributed by atoms with Gasteiger partial charge in [0.1, 0.15) is 34.4 Å². The lowest BCUT2D eigenvalue weighted by Gasteiger charge is -2.13. The van der Waals surface area contributed by atoms with Gasteiger partial charge in [0, 0.05) is 10.9 Å². The average Bonchev–Trinajstić information content (AvgIpc) is 3.18. The smallest absolute Gasteiger partial charge is 0.268 e. The highest BCUT2D eigenvalue weighted by Gasteiger charge is 2.29. The van der Waals surface area contributed by atoms with Gasteiger partial charge in [-0.1, -0.05) is 60.7 Å². The first-order valence-corrected chi connectivity index (χ1v) is 10.8. The molecule has 0 bridgehead atoms. The van der Waals surface area contributed by atoms with Crippen molar-refractivity contribution in [1.29, 1.82) is 0 Å². The Bertz CT molecular complexity index is 1600. The summed E-state index contributed by atoms with van der Waals surface area (Å²) in [5, 5.41) is 2.85. The van der Waals surface area contributed by atoms with Crippen LogP contribution in [0.1, 0.15) is 20.7 Å². The minimum Gasteiger partial charge on any atom is -0.319 e. The number of amides is 1. The molecular weight excluding hydrogens is 472 g/mol. The molecule has 1 amide bonds. The van der Waals surface area contributed by atoms with Crippen LogP contribution in [0.3, 0.4) is 0 Å². The van der Waals surface area contributed by atoms with Crippen LogP contribution in [-0.2, 0) is 0 Å². The third-order valence-corrected chi connectivity index (χ3v) is 5.73. The molecule has 0 spiro atoms. The Balaban J connectivity index is 1.80. The quantitative estimate of drug-likeness (QED) is 0.283. The van der Waals surface area contributed by atoms with Gasteiger partial charge in [0.2, 0.25) is 0 Å². The summed E-state index contributed by atoms with van der Waals surface area (Å²) in [4.78, 5) is 26.7. The summed E-state index contributed by atoms with van der Waals surface area (Å²) in [7, 11) is 0. The second-order valence-electron chi connectivity index (χ2n) is 7.89. The lowest BCUT2D eigenvalue weighted by molar-refractivity contribution is 0.0956. The van der Waals surface area contributed by atoms with E-state index in [1.54, 1.807) is 48.5 Å². The first-order chi connectivity index (χ1) is 17.4. The molecule has 1 N–H and O–H groups in total. The molecule has 8 heteroatoms. The van der Waals surface area contributed by atoms with Crippen molar-refractivity contribution in [3.63, 3.8) is 0 Å². The molecule has 4 aromatic carbocycles. The summed E-state index contributed by atoms with van der Waals surface area (Å²) in [6, 6.07) is 20.8. The van der Waals surface area contributed by atoms with E-state index in [4.69, 9.17) is 0 Å². The molecule has 0 aliphatic rings. The van der Waals surface area contributed by atoms with Crippen molar-refractivity contribution in [2.24, 2.45) is 0 Å². The van der Waals surface area contributed by atoms with E-state index in [0.717, 1.165) is 41.0 Å². The third-order valence-electron chi connectivity index (χ3n) is 5.73. The van der Waals surface area contributed by atoms with E-state index in [2.05, 4.69) is 5.32 Å². The molecule has 0 unspecified atom stereocenters. The number of benzene rings is 4. The molecular formula is C28H16F4N2O2. The predicted molar refractivity (Wildman–Crippen MR) is 128 cm³/mol. The van der Waals surface area contributed by atoms with Gasteiger partial charge in [-0.25, -0.2) is 17.6 Å². The van der Waals surface area contributed by atoms with Crippen LogP contribution in [-0.4, -0.2) is 16.4 Å². The molecule has 0 aliphatic heterocycles. The number of aromatic nitrogens is 1. The number of carbonyl (C=O) groups excluding carboxylic acids is 2. The standard InChI is InChI=1S/C28H16F4N2O2/c29-18-11-6-12-19(30)23(18)27(35)33-25-17-10-4-5-15-22(17)34(26(25)16-8-2-1-3-9-16)28(36)24-20(31)13-7-14-21(24)32/h1-15H,(H,33,35). The fourth-order valence-corrected chi connectivity index (χ4v) is 4.15. The van der Waals surface area contributed by atoms with Gasteiger partial charge in [-0.2, -0.15) is 0 Å². The minimum atomic E-state index is -1.09. The summed E-state index contributed by atoms with van der Waals surface area (Å²) in [5.41, 5.74) is -0.797. The number of halogens is 4. The third kappa shape index (κ3) is 3.82. The predicted octanol–water partition coefficient (Wildman–Crippen LogP) is 6.81. The topological polar surface area (TPSA) is 51.1 Å². The van der Waals surface area contributed by atoms with Gasteiger partial charge in [0.25, 0.3) is 11.8 Å². The number of hydrogen-bond acceptors (Lipinski definition) is 2. The van der Waals surface area contributed by atoms with Crippen LogP contribution in [0.15, 0.2) is 91.0 Å². The van der Waals surface area contributed by atoms with E-state index in [9.17, 15) is 27.2 Å².